The molecule has 126 valence electrons. The molecule has 1 saturated carbocycles. The topological polar surface area (TPSA) is 51.2 Å². The Kier molecular flexibility index (Phi) is 8.13. The van der Waals surface area contributed by atoms with E-state index in [-0.39, 0.29) is 11.6 Å². The average Bonchev–Trinajstić information content (AvgIpc) is 3.22. The average molecular weight is 308 g/mol. The summed E-state index contributed by atoms with van der Waals surface area (Å²) in [7, 11) is 0. The predicted octanol–water partition coefficient (Wildman–Crippen LogP) is 4.96. The third-order valence-electron chi connectivity index (χ3n) is 2.89. The van der Waals surface area contributed by atoms with Crippen molar-refractivity contribution in [3.05, 3.63) is 29.6 Å². The summed E-state index contributed by atoms with van der Waals surface area (Å²) in [4.78, 5) is 16.2. The summed E-state index contributed by atoms with van der Waals surface area (Å²) in [6.07, 6.45) is 3.29. The lowest BCUT2D eigenvalue weighted by atomic mass is 10.1. The number of carbonyl (C=O) groups excluding carboxylic acids is 1. The number of alkyl carbamates (subject to hydrolysis) is 1. The number of pyridine rings is 1. The zero-order valence-corrected chi connectivity index (χ0v) is 15.4. The molecule has 0 aliphatic heterocycles. The van der Waals surface area contributed by atoms with Gasteiger partial charge < -0.3 is 10.1 Å². The van der Waals surface area contributed by atoms with Gasteiger partial charge in [-0.25, -0.2) is 4.79 Å². The lowest BCUT2D eigenvalue weighted by Gasteiger charge is -2.23. The van der Waals surface area contributed by atoms with Crippen LogP contribution in [0.25, 0.3) is 0 Å². The number of aryl methyl sites for hydroxylation is 1. The molecule has 1 aliphatic rings. The van der Waals surface area contributed by atoms with Crippen LogP contribution in [0.1, 0.15) is 72.6 Å². The fourth-order valence-electron chi connectivity index (χ4n) is 1.82. The number of rotatable bonds is 2. The zero-order chi connectivity index (χ0) is 17.4. The molecule has 4 heteroatoms. The summed E-state index contributed by atoms with van der Waals surface area (Å²) in [5.74, 6) is 0. The normalized spacial score (nSPS) is 14.5. The molecule has 0 radical (unpaired) electrons. The van der Waals surface area contributed by atoms with Crippen LogP contribution in [0.4, 0.5) is 4.79 Å². The molecule has 1 heterocycles. The van der Waals surface area contributed by atoms with Gasteiger partial charge in [0.05, 0.1) is 11.2 Å². The van der Waals surface area contributed by atoms with E-state index >= 15 is 0 Å². The van der Waals surface area contributed by atoms with Gasteiger partial charge in [-0.15, -0.1) is 0 Å². The fourth-order valence-corrected chi connectivity index (χ4v) is 1.82. The molecule has 0 spiro atoms. The molecule has 0 unspecified atom stereocenters. The first-order valence-electron chi connectivity index (χ1n) is 8.25. The van der Waals surface area contributed by atoms with Gasteiger partial charge in [-0.2, -0.15) is 0 Å². The maximum Gasteiger partial charge on any atom is 0.408 e. The summed E-state index contributed by atoms with van der Waals surface area (Å²) in [5.41, 5.74) is 1.25. The number of nitrogens with zero attached hydrogens (tertiary/aromatic N) is 1. The van der Waals surface area contributed by atoms with Crippen molar-refractivity contribution in [1.29, 1.82) is 0 Å². The van der Waals surface area contributed by atoms with Crippen LogP contribution >= 0.6 is 0 Å². The molecule has 0 bridgehead atoms. The van der Waals surface area contributed by atoms with Crippen LogP contribution < -0.4 is 5.32 Å². The third kappa shape index (κ3) is 6.46. The van der Waals surface area contributed by atoms with Crippen molar-refractivity contribution in [3.63, 3.8) is 0 Å². The van der Waals surface area contributed by atoms with E-state index in [1.807, 2.05) is 73.7 Å². The van der Waals surface area contributed by atoms with Gasteiger partial charge in [0, 0.05) is 6.20 Å². The number of hydrogen-bond acceptors (Lipinski definition) is 3. The number of aromatic nitrogens is 1. The summed E-state index contributed by atoms with van der Waals surface area (Å²) in [5, 5.41) is 2.94. The highest BCUT2D eigenvalue weighted by Crippen LogP contribution is 2.44. The van der Waals surface area contributed by atoms with Crippen LogP contribution in [0.15, 0.2) is 18.3 Å². The number of hydrogen-bond donors (Lipinski definition) is 1. The van der Waals surface area contributed by atoms with Crippen molar-refractivity contribution in [2.75, 3.05) is 0 Å². The van der Waals surface area contributed by atoms with Crippen molar-refractivity contribution in [3.8, 4) is 0 Å². The molecule has 0 atom stereocenters. The Labute approximate surface area is 135 Å². The van der Waals surface area contributed by atoms with Gasteiger partial charge in [0.1, 0.15) is 5.60 Å². The first kappa shape index (κ1) is 20.4. The molecular formula is C18H32N2O2. The Morgan fingerprint density at radius 1 is 1.18 bits per heavy atom. The molecule has 4 nitrogen and oxygen atoms in total. The van der Waals surface area contributed by atoms with Crippen LogP contribution in [-0.2, 0) is 10.3 Å². The van der Waals surface area contributed by atoms with Gasteiger partial charge in [0.2, 0.25) is 0 Å². The van der Waals surface area contributed by atoms with Crippen molar-refractivity contribution in [2.45, 2.75) is 79.4 Å². The monoisotopic (exact) mass is 308 g/mol. The van der Waals surface area contributed by atoms with Crippen molar-refractivity contribution >= 4 is 6.09 Å². The smallest absolute Gasteiger partial charge is 0.408 e. The van der Waals surface area contributed by atoms with Gasteiger partial charge in [-0.1, -0.05) is 33.8 Å². The minimum Gasteiger partial charge on any atom is -0.444 e. The molecule has 1 aromatic rings. The first-order chi connectivity index (χ1) is 10.3. The third-order valence-corrected chi connectivity index (χ3v) is 2.89. The van der Waals surface area contributed by atoms with E-state index in [2.05, 4.69) is 10.3 Å². The number of nitrogens with one attached hydrogen (secondary N) is 1. The SMILES string of the molecule is CC.CC.Cc1ccc(C2(NC(=O)OC(C)(C)C)CC2)nc1. The fraction of sp³-hybridized carbons (Fsp3) is 0.667. The highest BCUT2D eigenvalue weighted by molar-refractivity contribution is 5.69. The van der Waals surface area contributed by atoms with Gasteiger partial charge in [-0.3, -0.25) is 4.98 Å². The number of ether oxygens (including phenoxy) is 1. The van der Waals surface area contributed by atoms with Gasteiger partial charge in [0.15, 0.2) is 0 Å². The molecule has 0 aromatic carbocycles. The molecule has 1 amide bonds. The quantitative estimate of drug-likeness (QED) is 0.840. The summed E-state index contributed by atoms with van der Waals surface area (Å²) < 4.78 is 5.28. The van der Waals surface area contributed by atoms with E-state index in [0.29, 0.717) is 0 Å². The second kappa shape index (κ2) is 8.76. The molecule has 1 N–H and O–H groups in total. The minimum absolute atomic E-state index is 0.309. The molecular weight excluding hydrogens is 276 g/mol. The molecule has 22 heavy (non-hydrogen) atoms. The van der Waals surface area contributed by atoms with E-state index < -0.39 is 5.60 Å². The Hall–Kier alpha value is -1.58. The lowest BCUT2D eigenvalue weighted by molar-refractivity contribution is 0.0494. The number of carbonyl (C=O) groups is 1. The van der Waals surface area contributed by atoms with E-state index in [9.17, 15) is 4.79 Å². The van der Waals surface area contributed by atoms with E-state index in [0.717, 1.165) is 24.1 Å². The second-order valence-electron chi connectivity index (χ2n) is 5.93. The van der Waals surface area contributed by atoms with Crippen LogP contribution in [0, 0.1) is 6.92 Å². The zero-order valence-electron chi connectivity index (χ0n) is 15.4. The summed E-state index contributed by atoms with van der Waals surface area (Å²) in [6.45, 7) is 15.6. The van der Waals surface area contributed by atoms with Crippen molar-refractivity contribution in [1.82, 2.24) is 10.3 Å². The summed E-state index contributed by atoms with van der Waals surface area (Å²) in [6, 6.07) is 3.98. The molecule has 1 fully saturated rings. The largest absolute Gasteiger partial charge is 0.444 e. The maximum absolute atomic E-state index is 11.8. The molecule has 0 saturated heterocycles. The minimum atomic E-state index is -0.471. The van der Waals surface area contributed by atoms with E-state index in [1.165, 1.54) is 0 Å². The molecule has 1 aromatic heterocycles. The highest BCUT2D eigenvalue weighted by atomic mass is 16.6. The Morgan fingerprint density at radius 3 is 2.09 bits per heavy atom. The van der Waals surface area contributed by atoms with Crippen LogP contribution in [-0.4, -0.2) is 16.7 Å². The van der Waals surface area contributed by atoms with E-state index in [1.54, 1.807) is 0 Å². The predicted molar refractivity (Wildman–Crippen MR) is 92.0 cm³/mol. The summed E-state index contributed by atoms with van der Waals surface area (Å²) >= 11 is 0. The van der Waals surface area contributed by atoms with Gasteiger partial charge >= 0.3 is 6.09 Å². The Balaban J connectivity index is 0.00000102. The van der Waals surface area contributed by atoms with Crippen LogP contribution in [0.5, 0.6) is 0 Å². The lowest BCUT2D eigenvalue weighted by Crippen LogP contribution is -2.39. The van der Waals surface area contributed by atoms with Gasteiger partial charge in [-0.05, 0) is 52.2 Å². The second-order valence-corrected chi connectivity index (χ2v) is 5.93. The standard InChI is InChI=1S/C14H20N2O2.2C2H6/c1-10-5-6-11(15-9-10)14(7-8-14)16-12(17)18-13(2,3)4;2*1-2/h5-6,9H,7-8H2,1-4H3,(H,16,17);2*1-2H3. The van der Waals surface area contributed by atoms with Crippen LogP contribution in [0.3, 0.4) is 0 Å². The van der Waals surface area contributed by atoms with Crippen molar-refractivity contribution in [2.24, 2.45) is 0 Å². The van der Waals surface area contributed by atoms with Crippen LogP contribution in [0.2, 0.25) is 0 Å². The van der Waals surface area contributed by atoms with E-state index in [4.69, 9.17) is 4.74 Å². The van der Waals surface area contributed by atoms with Crippen molar-refractivity contribution < 1.29 is 9.53 Å². The first-order valence-corrected chi connectivity index (χ1v) is 8.25. The maximum atomic E-state index is 11.8. The Bertz CT molecular complexity index is 443. The Morgan fingerprint density at radius 2 is 1.73 bits per heavy atom. The number of amides is 1. The van der Waals surface area contributed by atoms with Gasteiger partial charge in [0.25, 0.3) is 0 Å². The molecule has 1 aliphatic carbocycles. The molecule has 2 rings (SSSR count). The highest BCUT2D eigenvalue weighted by Gasteiger charge is 2.47.